The summed E-state index contributed by atoms with van der Waals surface area (Å²) in [7, 11) is 0. The first kappa shape index (κ1) is 9.83. The van der Waals surface area contributed by atoms with Gasteiger partial charge >= 0.3 is 0 Å². The second kappa shape index (κ2) is 4.69. The molecule has 0 saturated heterocycles. The lowest BCUT2D eigenvalue weighted by Crippen LogP contribution is -2.11. The summed E-state index contributed by atoms with van der Waals surface area (Å²) in [6.07, 6.45) is 9.52. The molecular weight excluding hydrogens is 144 g/mol. The lowest BCUT2D eigenvalue weighted by molar-refractivity contribution is 0.377. The van der Waals surface area contributed by atoms with Gasteiger partial charge in [-0.2, -0.15) is 0 Å². The monoisotopic (exact) mass is 166 g/mol. The highest BCUT2D eigenvalue weighted by molar-refractivity contribution is 5.04. The van der Waals surface area contributed by atoms with Gasteiger partial charge in [0.1, 0.15) is 0 Å². The second-order valence-electron chi connectivity index (χ2n) is 4.09. The van der Waals surface area contributed by atoms with Crippen LogP contribution in [0.25, 0.3) is 0 Å². The molecule has 0 heterocycles. The standard InChI is InChI=1S/C12H22/c1-4-10(3)12(5-2)11-8-6-7-9-11/h4,11-12H,5-9H2,1-3H3. The maximum Gasteiger partial charge on any atom is -0.0180 e. The van der Waals surface area contributed by atoms with E-state index in [2.05, 4.69) is 26.8 Å². The predicted molar refractivity (Wildman–Crippen MR) is 55.2 cm³/mol. The first-order valence-corrected chi connectivity index (χ1v) is 5.42. The number of hydrogen-bond acceptors (Lipinski definition) is 0. The van der Waals surface area contributed by atoms with Crippen molar-refractivity contribution >= 4 is 0 Å². The fourth-order valence-electron chi connectivity index (χ4n) is 2.60. The number of rotatable bonds is 3. The first-order valence-electron chi connectivity index (χ1n) is 5.42. The van der Waals surface area contributed by atoms with E-state index < -0.39 is 0 Å². The SMILES string of the molecule is CC=C(C)C(CC)C1CCCC1. The van der Waals surface area contributed by atoms with Gasteiger partial charge < -0.3 is 0 Å². The Kier molecular flexibility index (Phi) is 3.84. The fourth-order valence-corrected chi connectivity index (χ4v) is 2.60. The van der Waals surface area contributed by atoms with Crippen molar-refractivity contribution in [3.05, 3.63) is 11.6 Å². The zero-order chi connectivity index (χ0) is 8.97. The molecule has 0 aliphatic heterocycles. The van der Waals surface area contributed by atoms with E-state index in [0.29, 0.717) is 0 Å². The molecule has 0 aromatic heterocycles. The molecule has 0 nitrogen and oxygen atoms in total. The van der Waals surface area contributed by atoms with Crippen LogP contribution in [0.1, 0.15) is 52.9 Å². The topological polar surface area (TPSA) is 0 Å². The molecule has 12 heavy (non-hydrogen) atoms. The van der Waals surface area contributed by atoms with Gasteiger partial charge in [-0.15, -0.1) is 0 Å². The summed E-state index contributed by atoms with van der Waals surface area (Å²) >= 11 is 0. The molecule has 70 valence electrons. The maximum atomic E-state index is 2.33. The molecule has 0 bridgehead atoms. The third-order valence-corrected chi connectivity index (χ3v) is 3.45. The van der Waals surface area contributed by atoms with Crippen LogP contribution in [0, 0.1) is 11.8 Å². The van der Waals surface area contributed by atoms with Gasteiger partial charge in [0.05, 0.1) is 0 Å². The molecular formula is C12H22. The van der Waals surface area contributed by atoms with Gasteiger partial charge in [-0.3, -0.25) is 0 Å². The maximum absolute atomic E-state index is 2.33. The first-order chi connectivity index (χ1) is 5.79. The van der Waals surface area contributed by atoms with Gasteiger partial charge in [0, 0.05) is 0 Å². The Morgan fingerprint density at radius 2 is 2.00 bits per heavy atom. The van der Waals surface area contributed by atoms with Gasteiger partial charge in [-0.1, -0.05) is 31.4 Å². The molecule has 0 radical (unpaired) electrons. The van der Waals surface area contributed by atoms with Gasteiger partial charge in [0.15, 0.2) is 0 Å². The van der Waals surface area contributed by atoms with E-state index >= 15 is 0 Å². The van der Waals surface area contributed by atoms with Crippen LogP contribution in [0.3, 0.4) is 0 Å². The highest BCUT2D eigenvalue weighted by atomic mass is 14.3. The van der Waals surface area contributed by atoms with Crippen LogP contribution >= 0.6 is 0 Å². The Balaban J connectivity index is 2.54. The molecule has 1 aliphatic carbocycles. The summed E-state index contributed by atoms with van der Waals surface area (Å²) in [5.41, 5.74) is 1.62. The van der Waals surface area contributed by atoms with Gasteiger partial charge in [0.25, 0.3) is 0 Å². The molecule has 1 saturated carbocycles. The largest absolute Gasteiger partial charge is 0.0884 e. The van der Waals surface area contributed by atoms with E-state index in [0.717, 1.165) is 11.8 Å². The highest BCUT2D eigenvalue weighted by Gasteiger charge is 2.23. The van der Waals surface area contributed by atoms with E-state index in [1.807, 2.05) is 0 Å². The van der Waals surface area contributed by atoms with Gasteiger partial charge in [-0.05, 0) is 44.9 Å². The van der Waals surface area contributed by atoms with Crippen LogP contribution < -0.4 is 0 Å². The van der Waals surface area contributed by atoms with E-state index in [9.17, 15) is 0 Å². The van der Waals surface area contributed by atoms with E-state index in [1.165, 1.54) is 32.1 Å². The fraction of sp³-hybridized carbons (Fsp3) is 0.833. The summed E-state index contributed by atoms with van der Waals surface area (Å²) in [6, 6.07) is 0. The van der Waals surface area contributed by atoms with Crippen molar-refractivity contribution in [2.75, 3.05) is 0 Å². The van der Waals surface area contributed by atoms with E-state index in [4.69, 9.17) is 0 Å². The van der Waals surface area contributed by atoms with Crippen molar-refractivity contribution < 1.29 is 0 Å². The quantitative estimate of drug-likeness (QED) is 0.552. The average molecular weight is 166 g/mol. The molecule has 1 rings (SSSR count). The number of allylic oxidation sites excluding steroid dienone is 2. The normalized spacial score (nSPS) is 23.1. The Bertz CT molecular complexity index is 149. The molecule has 1 fully saturated rings. The molecule has 1 atom stereocenters. The van der Waals surface area contributed by atoms with E-state index in [-0.39, 0.29) is 0 Å². The minimum absolute atomic E-state index is 0.887. The molecule has 0 aromatic carbocycles. The van der Waals surface area contributed by atoms with Crippen molar-refractivity contribution in [1.82, 2.24) is 0 Å². The molecule has 0 aromatic rings. The molecule has 0 amide bonds. The van der Waals surface area contributed by atoms with Crippen LogP contribution in [0.2, 0.25) is 0 Å². The van der Waals surface area contributed by atoms with Crippen LogP contribution in [0.5, 0.6) is 0 Å². The third kappa shape index (κ3) is 2.12. The lowest BCUT2D eigenvalue weighted by atomic mass is 9.83. The zero-order valence-electron chi connectivity index (χ0n) is 8.77. The summed E-state index contributed by atoms with van der Waals surface area (Å²) in [4.78, 5) is 0. The van der Waals surface area contributed by atoms with Crippen LogP contribution in [0.15, 0.2) is 11.6 Å². The summed E-state index contributed by atoms with van der Waals surface area (Å²) in [6.45, 7) is 6.80. The summed E-state index contributed by atoms with van der Waals surface area (Å²) in [5.74, 6) is 1.89. The Morgan fingerprint density at radius 1 is 1.42 bits per heavy atom. The number of hydrogen-bond donors (Lipinski definition) is 0. The van der Waals surface area contributed by atoms with Gasteiger partial charge in [0.2, 0.25) is 0 Å². The lowest BCUT2D eigenvalue weighted by Gasteiger charge is -2.22. The minimum Gasteiger partial charge on any atom is -0.0884 e. The molecule has 1 unspecified atom stereocenters. The Morgan fingerprint density at radius 3 is 2.42 bits per heavy atom. The van der Waals surface area contributed by atoms with Crippen molar-refractivity contribution in [3.8, 4) is 0 Å². The van der Waals surface area contributed by atoms with Crippen molar-refractivity contribution in [3.63, 3.8) is 0 Å². The molecule has 0 N–H and O–H groups in total. The van der Waals surface area contributed by atoms with E-state index in [1.54, 1.807) is 5.57 Å². The summed E-state index contributed by atoms with van der Waals surface area (Å²) in [5, 5.41) is 0. The summed E-state index contributed by atoms with van der Waals surface area (Å²) < 4.78 is 0. The van der Waals surface area contributed by atoms with Crippen LogP contribution in [-0.4, -0.2) is 0 Å². The molecule has 1 aliphatic rings. The molecule has 0 heteroatoms. The third-order valence-electron chi connectivity index (χ3n) is 3.45. The highest BCUT2D eigenvalue weighted by Crippen LogP contribution is 2.36. The van der Waals surface area contributed by atoms with Crippen molar-refractivity contribution in [2.24, 2.45) is 11.8 Å². The minimum atomic E-state index is 0.887. The second-order valence-corrected chi connectivity index (χ2v) is 4.09. The average Bonchev–Trinajstić information content (AvgIpc) is 2.58. The van der Waals surface area contributed by atoms with Crippen LogP contribution in [0.4, 0.5) is 0 Å². The zero-order valence-corrected chi connectivity index (χ0v) is 8.77. The van der Waals surface area contributed by atoms with Crippen molar-refractivity contribution in [2.45, 2.75) is 52.9 Å². The Hall–Kier alpha value is -0.260. The van der Waals surface area contributed by atoms with Gasteiger partial charge in [-0.25, -0.2) is 0 Å². The van der Waals surface area contributed by atoms with Crippen molar-refractivity contribution in [1.29, 1.82) is 0 Å². The Labute approximate surface area is 77.1 Å². The molecule has 0 spiro atoms. The van der Waals surface area contributed by atoms with Crippen LogP contribution in [-0.2, 0) is 0 Å². The smallest absolute Gasteiger partial charge is 0.0180 e. The predicted octanol–water partition coefficient (Wildman–Crippen LogP) is 4.17.